The van der Waals surface area contributed by atoms with Gasteiger partial charge in [-0.15, -0.1) is 0 Å². The summed E-state index contributed by atoms with van der Waals surface area (Å²) in [5.74, 6) is -0.174. The molecule has 0 radical (unpaired) electrons. The lowest BCUT2D eigenvalue weighted by atomic mass is 9.94. The van der Waals surface area contributed by atoms with E-state index < -0.39 is 0 Å². The third-order valence-electron chi connectivity index (χ3n) is 3.31. The van der Waals surface area contributed by atoms with Crippen LogP contribution in [0.2, 0.25) is 0 Å². The van der Waals surface area contributed by atoms with Gasteiger partial charge in [-0.25, -0.2) is 0 Å². The number of nitrogens with zero attached hydrogens (tertiary/aromatic N) is 1. The molecule has 0 spiro atoms. The van der Waals surface area contributed by atoms with E-state index in [1.807, 2.05) is 54.6 Å². The third-order valence-corrected chi connectivity index (χ3v) is 3.31. The van der Waals surface area contributed by atoms with Gasteiger partial charge in [-0.2, -0.15) is 0 Å². The summed E-state index contributed by atoms with van der Waals surface area (Å²) in [5.41, 5.74) is 3.01. The minimum absolute atomic E-state index is 0.174. The average Bonchev–Trinajstić information content (AvgIpc) is 2.47. The Morgan fingerprint density at radius 1 is 1.00 bits per heavy atom. The van der Waals surface area contributed by atoms with Crippen LogP contribution in [-0.4, -0.2) is 11.0 Å². The maximum atomic E-state index is 12.4. The highest BCUT2D eigenvalue weighted by Crippen LogP contribution is 2.31. The number of benzene rings is 2. The Morgan fingerprint density at radius 3 is 2.42 bits per heavy atom. The number of para-hydroxylation sites is 1. The number of amides is 1. The second kappa shape index (κ2) is 4.61. The summed E-state index contributed by atoms with van der Waals surface area (Å²) in [5, 5.41) is 9.36. The van der Waals surface area contributed by atoms with Gasteiger partial charge in [0.1, 0.15) is 0 Å². The first kappa shape index (κ1) is 11.5. The molecule has 3 heteroatoms. The summed E-state index contributed by atoms with van der Waals surface area (Å²) in [6.07, 6.45) is 0.899. The minimum atomic E-state index is -0.174. The molecule has 1 N–H and O–H groups in total. The molecule has 0 aliphatic carbocycles. The van der Waals surface area contributed by atoms with E-state index >= 15 is 0 Å². The molecule has 2 aromatic carbocycles. The molecule has 0 aromatic heterocycles. The Kier molecular flexibility index (Phi) is 2.80. The Bertz CT molecular complexity index is 647. The fourth-order valence-electron chi connectivity index (χ4n) is 2.36. The van der Waals surface area contributed by atoms with Gasteiger partial charge in [0.05, 0.1) is 18.4 Å². The largest absolute Gasteiger partial charge is 0.515 e. The first-order chi connectivity index (χ1) is 9.31. The Morgan fingerprint density at radius 2 is 1.68 bits per heavy atom. The van der Waals surface area contributed by atoms with E-state index in [4.69, 9.17) is 0 Å². The maximum absolute atomic E-state index is 12.4. The second-order valence-electron chi connectivity index (χ2n) is 4.43. The fourth-order valence-corrected chi connectivity index (χ4v) is 2.36. The standard InChI is InChI=1S/C16H13NO2/c18-11-15-14-9-5-4-6-12(14)10-17(16(15)19)13-7-2-1-3-8-13/h1-9,11,18H,10H2. The van der Waals surface area contributed by atoms with E-state index in [2.05, 4.69) is 0 Å². The quantitative estimate of drug-likeness (QED) is 0.625. The lowest BCUT2D eigenvalue weighted by Crippen LogP contribution is -2.35. The fraction of sp³-hybridized carbons (Fsp3) is 0.0625. The molecule has 1 aliphatic rings. The highest BCUT2D eigenvalue weighted by Gasteiger charge is 2.28. The summed E-state index contributed by atoms with van der Waals surface area (Å²) >= 11 is 0. The van der Waals surface area contributed by atoms with Gasteiger partial charge in [0.15, 0.2) is 0 Å². The van der Waals surface area contributed by atoms with E-state index in [0.717, 1.165) is 23.1 Å². The lowest BCUT2D eigenvalue weighted by Gasteiger charge is -2.30. The highest BCUT2D eigenvalue weighted by atomic mass is 16.2. The molecule has 19 heavy (non-hydrogen) atoms. The monoisotopic (exact) mass is 251 g/mol. The van der Waals surface area contributed by atoms with Crippen molar-refractivity contribution >= 4 is 17.2 Å². The Hall–Kier alpha value is -2.55. The lowest BCUT2D eigenvalue weighted by molar-refractivity contribution is -0.113. The molecular formula is C16H13NO2. The van der Waals surface area contributed by atoms with Crippen molar-refractivity contribution in [1.82, 2.24) is 0 Å². The van der Waals surface area contributed by atoms with Crippen molar-refractivity contribution in [3.8, 4) is 0 Å². The smallest absolute Gasteiger partial charge is 0.262 e. The number of rotatable bonds is 1. The Balaban J connectivity index is 2.10. The molecule has 3 rings (SSSR count). The van der Waals surface area contributed by atoms with Gasteiger partial charge in [0.2, 0.25) is 0 Å². The first-order valence-electron chi connectivity index (χ1n) is 6.11. The summed E-state index contributed by atoms with van der Waals surface area (Å²) in [6.45, 7) is 0.524. The maximum Gasteiger partial charge on any atom is 0.262 e. The third kappa shape index (κ3) is 1.89. The molecule has 0 atom stereocenters. The summed E-state index contributed by atoms with van der Waals surface area (Å²) in [7, 11) is 0. The summed E-state index contributed by atoms with van der Waals surface area (Å²) in [4.78, 5) is 14.1. The number of aliphatic hydroxyl groups excluding tert-OH is 1. The molecule has 0 saturated carbocycles. The van der Waals surface area contributed by atoms with Crippen molar-refractivity contribution in [3.63, 3.8) is 0 Å². The van der Waals surface area contributed by atoms with E-state index in [-0.39, 0.29) is 5.91 Å². The average molecular weight is 251 g/mol. The highest BCUT2D eigenvalue weighted by molar-refractivity contribution is 6.27. The summed E-state index contributed by atoms with van der Waals surface area (Å²) in [6, 6.07) is 17.1. The molecule has 0 unspecified atom stereocenters. The van der Waals surface area contributed by atoms with Crippen molar-refractivity contribution in [2.75, 3.05) is 4.90 Å². The number of hydrogen-bond acceptors (Lipinski definition) is 2. The van der Waals surface area contributed by atoms with Crippen LogP contribution in [0.3, 0.4) is 0 Å². The van der Waals surface area contributed by atoms with Crippen molar-refractivity contribution < 1.29 is 9.90 Å². The first-order valence-corrected chi connectivity index (χ1v) is 6.11. The molecule has 1 aliphatic heterocycles. The molecule has 94 valence electrons. The molecule has 1 amide bonds. The topological polar surface area (TPSA) is 40.5 Å². The van der Waals surface area contributed by atoms with Crippen molar-refractivity contribution in [2.45, 2.75) is 6.54 Å². The molecule has 0 fully saturated rings. The number of anilines is 1. The molecule has 0 saturated heterocycles. The number of carbonyl (C=O) groups is 1. The van der Waals surface area contributed by atoms with Crippen LogP contribution in [0.4, 0.5) is 5.69 Å². The van der Waals surface area contributed by atoms with Crippen molar-refractivity contribution in [2.24, 2.45) is 0 Å². The van der Waals surface area contributed by atoms with Gasteiger partial charge >= 0.3 is 0 Å². The van der Waals surface area contributed by atoms with Crippen molar-refractivity contribution in [1.29, 1.82) is 0 Å². The van der Waals surface area contributed by atoms with Gasteiger partial charge in [-0.1, -0.05) is 42.5 Å². The second-order valence-corrected chi connectivity index (χ2v) is 4.43. The normalized spacial score (nSPS) is 16.5. The zero-order valence-electron chi connectivity index (χ0n) is 10.3. The van der Waals surface area contributed by atoms with Gasteiger partial charge in [0.25, 0.3) is 5.91 Å². The number of fused-ring (bicyclic) bond motifs is 1. The zero-order valence-corrected chi connectivity index (χ0v) is 10.3. The van der Waals surface area contributed by atoms with Crippen molar-refractivity contribution in [3.05, 3.63) is 72.0 Å². The van der Waals surface area contributed by atoms with Crippen LogP contribution >= 0.6 is 0 Å². The van der Waals surface area contributed by atoms with Crippen LogP contribution in [0, 0.1) is 0 Å². The molecule has 2 aromatic rings. The van der Waals surface area contributed by atoms with Crippen LogP contribution in [0.5, 0.6) is 0 Å². The van der Waals surface area contributed by atoms with E-state index in [1.54, 1.807) is 4.90 Å². The van der Waals surface area contributed by atoms with Crippen LogP contribution < -0.4 is 4.90 Å². The zero-order chi connectivity index (χ0) is 13.2. The van der Waals surface area contributed by atoms with Crippen LogP contribution in [-0.2, 0) is 11.3 Å². The van der Waals surface area contributed by atoms with E-state index in [1.165, 1.54) is 0 Å². The number of carbonyl (C=O) groups excluding carboxylic acids is 1. The van der Waals surface area contributed by atoms with E-state index in [9.17, 15) is 9.90 Å². The molecule has 0 bridgehead atoms. The summed E-state index contributed by atoms with van der Waals surface area (Å²) < 4.78 is 0. The number of hydrogen-bond donors (Lipinski definition) is 1. The van der Waals surface area contributed by atoms with Crippen LogP contribution in [0.1, 0.15) is 11.1 Å². The van der Waals surface area contributed by atoms with Crippen LogP contribution in [0.15, 0.2) is 60.9 Å². The van der Waals surface area contributed by atoms with Crippen LogP contribution in [0.25, 0.3) is 5.57 Å². The van der Waals surface area contributed by atoms with Gasteiger partial charge in [-0.05, 0) is 23.3 Å². The number of aliphatic hydroxyl groups is 1. The predicted octanol–water partition coefficient (Wildman–Crippen LogP) is 3.13. The molecule has 1 heterocycles. The van der Waals surface area contributed by atoms with Gasteiger partial charge in [-0.3, -0.25) is 4.79 Å². The van der Waals surface area contributed by atoms with E-state index in [0.29, 0.717) is 12.1 Å². The molecular weight excluding hydrogens is 238 g/mol. The Labute approximate surface area is 111 Å². The van der Waals surface area contributed by atoms with Gasteiger partial charge < -0.3 is 10.0 Å². The predicted molar refractivity (Wildman–Crippen MR) is 74.7 cm³/mol. The minimum Gasteiger partial charge on any atom is -0.515 e. The molecule has 3 nitrogen and oxygen atoms in total. The SMILES string of the molecule is O=C1C(=CO)c2ccccc2CN1c1ccccc1. The van der Waals surface area contributed by atoms with Gasteiger partial charge in [0, 0.05) is 5.69 Å².